The third kappa shape index (κ3) is 4.27. The maximum absolute atomic E-state index is 12.7. The van der Waals surface area contributed by atoms with Gasteiger partial charge in [0.05, 0.1) is 25.3 Å². The van der Waals surface area contributed by atoms with E-state index in [-0.39, 0.29) is 24.5 Å². The van der Waals surface area contributed by atoms with Crippen molar-refractivity contribution in [1.82, 2.24) is 5.32 Å². The number of amides is 1. The van der Waals surface area contributed by atoms with Crippen molar-refractivity contribution in [2.24, 2.45) is 0 Å². The summed E-state index contributed by atoms with van der Waals surface area (Å²) in [6.07, 6.45) is 2.85. The number of methoxy groups -OCH3 is 1. The molecule has 0 bridgehead atoms. The van der Waals surface area contributed by atoms with Crippen LogP contribution in [0, 0.1) is 0 Å². The second-order valence-corrected chi connectivity index (χ2v) is 8.93. The van der Waals surface area contributed by atoms with Gasteiger partial charge in [-0.25, -0.2) is 4.79 Å². The molecule has 0 fully saturated rings. The topological polar surface area (TPSA) is 67.4 Å². The molecule has 150 valence electrons. The Labute approximate surface area is 177 Å². The number of fused-ring (bicyclic) bond motifs is 1. The molecule has 1 aromatic carbocycles. The van der Waals surface area contributed by atoms with Crippen molar-refractivity contribution in [3.63, 3.8) is 0 Å². The Balaban J connectivity index is 1.48. The zero-order chi connectivity index (χ0) is 20.2. The van der Waals surface area contributed by atoms with E-state index in [0.717, 1.165) is 35.3 Å². The molecule has 2 aromatic heterocycles. The Hall–Kier alpha value is -2.48. The highest BCUT2D eigenvalue weighted by atomic mass is 32.1. The first-order valence-corrected chi connectivity index (χ1v) is 11.2. The second kappa shape index (κ2) is 8.90. The fourth-order valence-electron chi connectivity index (χ4n) is 3.66. The van der Waals surface area contributed by atoms with Crippen LogP contribution in [0.1, 0.15) is 43.7 Å². The van der Waals surface area contributed by atoms with Crippen LogP contribution in [0.15, 0.2) is 47.8 Å². The van der Waals surface area contributed by atoms with E-state index in [2.05, 4.69) is 28.8 Å². The van der Waals surface area contributed by atoms with Gasteiger partial charge in [0.15, 0.2) is 0 Å². The van der Waals surface area contributed by atoms with Crippen molar-refractivity contribution < 1.29 is 14.3 Å². The molecule has 1 unspecified atom stereocenters. The molecule has 1 atom stereocenters. The molecule has 0 saturated carbocycles. The lowest BCUT2D eigenvalue weighted by Gasteiger charge is -2.18. The number of hydrogen-bond acceptors (Lipinski definition) is 6. The molecule has 3 aromatic rings. The number of ether oxygens (including phenoxy) is 1. The molecular formula is C22H22N2O3S2. The monoisotopic (exact) mass is 426 g/mol. The minimum Gasteiger partial charge on any atom is -0.465 e. The first-order chi connectivity index (χ1) is 14.2. The van der Waals surface area contributed by atoms with Gasteiger partial charge >= 0.3 is 5.97 Å². The lowest BCUT2D eigenvalue weighted by atomic mass is 10.1. The Morgan fingerprint density at radius 2 is 1.97 bits per heavy atom. The summed E-state index contributed by atoms with van der Waals surface area (Å²) in [6, 6.07) is 14.1. The van der Waals surface area contributed by atoms with E-state index in [9.17, 15) is 9.59 Å². The average molecular weight is 427 g/mol. The highest BCUT2D eigenvalue weighted by molar-refractivity contribution is 7.17. The third-order valence-electron chi connectivity index (χ3n) is 4.99. The maximum atomic E-state index is 12.7. The van der Waals surface area contributed by atoms with Crippen LogP contribution in [0.3, 0.4) is 0 Å². The summed E-state index contributed by atoms with van der Waals surface area (Å²) in [5, 5.41) is 8.91. The highest BCUT2D eigenvalue weighted by Gasteiger charge is 2.28. The molecule has 0 spiro atoms. The number of benzene rings is 1. The number of thiophene rings is 2. The summed E-state index contributed by atoms with van der Waals surface area (Å²) in [7, 11) is 1.37. The van der Waals surface area contributed by atoms with E-state index in [4.69, 9.17) is 4.74 Å². The van der Waals surface area contributed by atoms with Gasteiger partial charge in [-0.3, -0.25) is 10.1 Å². The van der Waals surface area contributed by atoms with Gasteiger partial charge in [0.25, 0.3) is 0 Å². The van der Waals surface area contributed by atoms with E-state index < -0.39 is 0 Å². The lowest BCUT2D eigenvalue weighted by Crippen LogP contribution is -2.31. The average Bonchev–Trinajstić information content (AvgIpc) is 3.46. The highest BCUT2D eigenvalue weighted by Crippen LogP contribution is 2.39. The smallest absolute Gasteiger partial charge is 0.341 e. The summed E-state index contributed by atoms with van der Waals surface area (Å²) in [4.78, 5) is 27.3. The SMILES string of the molecule is COC(=O)c1c(NC(=O)CNC(c2ccccc2)c2cccs2)sc2c1CCC2. The standard InChI is InChI=1S/C22H22N2O3S2/c1-27-22(26)19-15-9-5-10-16(15)29-21(19)24-18(25)13-23-20(17-11-6-12-28-17)14-7-3-2-4-8-14/h2-4,6-8,11-12,20,23H,5,9-10,13H2,1H3,(H,24,25). The van der Waals surface area contributed by atoms with Crippen molar-refractivity contribution in [2.45, 2.75) is 25.3 Å². The summed E-state index contributed by atoms with van der Waals surface area (Å²) in [6.45, 7) is 0.140. The molecule has 0 aliphatic heterocycles. The third-order valence-corrected chi connectivity index (χ3v) is 7.14. The Bertz CT molecular complexity index is 997. The molecule has 1 amide bonds. The summed E-state index contributed by atoms with van der Waals surface area (Å²) in [5.74, 6) is -0.555. The number of nitrogens with one attached hydrogen (secondary N) is 2. The number of carbonyl (C=O) groups is 2. The molecule has 0 radical (unpaired) electrons. The largest absolute Gasteiger partial charge is 0.465 e. The van der Waals surface area contributed by atoms with Gasteiger partial charge in [-0.15, -0.1) is 22.7 Å². The first kappa shape index (κ1) is 19.8. The van der Waals surface area contributed by atoms with Crippen LogP contribution < -0.4 is 10.6 Å². The minimum absolute atomic E-state index is 0.0598. The van der Waals surface area contributed by atoms with E-state index in [1.54, 1.807) is 11.3 Å². The van der Waals surface area contributed by atoms with E-state index in [0.29, 0.717) is 10.6 Å². The molecule has 29 heavy (non-hydrogen) atoms. The minimum atomic E-state index is -0.381. The van der Waals surface area contributed by atoms with Crippen molar-refractivity contribution in [1.29, 1.82) is 0 Å². The lowest BCUT2D eigenvalue weighted by molar-refractivity contribution is -0.115. The fourth-order valence-corrected chi connectivity index (χ4v) is 5.78. The molecule has 1 aliphatic rings. The molecule has 1 aliphatic carbocycles. The summed E-state index contributed by atoms with van der Waals surface area (Å²) >= 11 is 3.14. The van der Waals surface area contributed by atoms with Gasteiger partial charge in [0.2, 0.25) is 5.91 Å². The number of rotatable bonds is 7. The first-order valence-electron chi connectivity index (χ1n) is 9.51. The molecule has 7 heteroatoms. The summed E-state index contributed by atoms with van der Waals surface area (Å²) in [5.41, 5.74) is 2.66. The number of esters is 1. The maximum Gasteiger partial charge on any atom is 0.341 e. The van der Waals surface area contributed by atoms with Crippen molar-refractivity contribution in [3.8, 4) is 0 Å². The number of aryl methyl sites for hydroxylation is 1. The molecule has 2 N–H and O–H groups in total. The Morgan fingerprint density at radius 3 is 2.69 bits per heavy atom. The molecular weight excluding hydrogens is 404 g/mol. The van der Waals surface area contributed by atoms with Crippen LogP contribution in [0.5, 0.6) is 0 Å². The van der Waals surface area contributed by atoms with Crippen LogP contribution in [-0.2, 0) is 22.4 Å². The van der Waals surface area contributed by atoms with Crippen molar-refractivity contribution in [2.75, 3.05) is 19.0 Å². The fraction of sp³-hybridized carbons (Fsp3) is 0.273. The van der Waals surface area contributed by atoms with E-state index >= 15 is 0 Å². The predicted molar refractivity (Wildman–Crippen MR) is 117 cm³/mol. The Kier molecular flexibility index (Phi) is 6.08. The van der Waals surface area contributed by atoms with Crippen LogP contribution in [0.4, 0.5) is 5.00 Å². The molecule has 5 nitrogen and oxygen atoms in total. The molecule has 4 rings (SSSR count). The second-order valence-electron chi connectivity index (χ2n) is 6.84. The van der Waals surface area contributed by atoms with E-state index in [1.807, 2.05) is 29.6 Å². The number of hydrogen-bond donors (Lipinski definition) is 2. The van der Waals surface area contributed by atoms with Crippen LogP contribution >= 0.6 is 22.7 Å². The normalized spacial score (nSPS) is 13.7. The van der Waals surface area contributed by atoms with Gasteiger partial charge < -0.3 is 10.1 Å². The van der Waals surface area contributed by atoms with Crippen LogP contribution in [-0.4, -0.2) is 25.5 Å². The van der Waals surface area contributed by atoms with Crippen LogP contribution in [0.25, 0.3) is 0 Å². The number of anilines is 1. The van der Waals surface area contributed by atoms with Crippen LogP contribution in [0.2, 0.25) is 0 Å². The number of carbonyl (C=O) groups excluding carboxylic acids is 2. The quantitative estimate of drug-likeness (QED) is 0.550. The van der Waals surface area contributed by atoms with Gasteiger partial charge in [-0.2, -0.15) is 0 Å². The predicted octanol–water partition coefficient (Wildman–Crippen LogP) is 4.40. The van der Waals surface area contributed by atoms with Gasteiger partial charge in [0.1, 0.15) is 5.00 Å². The van der Waals surface area contributed by atoms with Gasteiger partial charge in [-0.1, -0.05) is 36.4 Å². The zero-order valence-electron chi connectivity index (χ0n) is 16.1. The van der Waals surface area contributed by atoms with Crippen molar-refractivity contribution in [3.05, 3.63) is 74.3 Å². The van der Waals surface area contributed by atoms with E-state index in [1.165, 1.54) is 23.3 Å². The molecule has 2 heterocycles. The Morgan fingerprint density at radius 1 is 1.14 bits per heavy atom. The summed E-state index contributed by atoms with van der Waals surface area (Å²) < 4.78 is 4.95. The van der Waals surface area contributed by atoms with Gasteiger partial charge in [0, 0.05) is 9.75 Å². The molecule has 0 saturated heterocycles. The zero-order valence-corrected chi connectivity index (χ0v) is 17.7. The van der Waals surface area contributed by atoms with Gasteiger partial charge in [-0.05, 0) is 41.8 Å². The van der Waals surface area contributed by atoms with Crippen molar-refractivity contribution >= 4 is 39.6 Å².